The molecule has 304 valence electrons. The maximum Gasteiger partial charge on any atom is 0.150 e. The highest BCUT2D eigenvalue weighted by atomic mass is 35.5. The van der Waals surface area contributed by atoms with Crippen molar-refractivity contribution in [3.63, 3.8) is 0 Å². The van der Waals surface area contributed by atoms with Gasteiger partial charge in [0.2, 0.25) is 0 Å². The Labute approximate surface area is 316 Å². The first-order chi connectivity index (χ1) is 25.9. The molecule has 0 N–H and O–H groups in total. The van der Waals surface area contributed by atoms with E-state index in [1.165, 1.54) is 6.42 Å². The van der Waals surface area contributed by atoms with Crippen LogP contribution in [-0.2, 0) is 56.8 Å². The second kappa shape index (κ2) is 42.2. The van der Waals surface area contributed by atoms with Gasteiger partial charge < -0.3 is 61.6 Å². The zero-order valence-electron chi connectivity index (χ0n) is 31.2. The molecule has 0 fully saturated rings. The van der Waals surface area contributed by atoms with Gasteiger partial charge in [-0.1, -0.05) is 12.8 Å². The third-order valence-corrected chi connectivity index (χ3v) is 7.04. The molecule has 0 spiro atoms. The van der Waals surface area contributed by atoms with Crippen molar-refractivity contribution >= 4 is 17.9 Å². The molecule has 0 saturated carbocycles. The number of halogens is 1. The summed E-state index contributed by atoms with van der Waals surface area (Å²) in [5, 5.41) is 0. The van der Waals surface area contributed by atoms with E-state index in [9.17, 15) is 4.79 Å². The van der Waals surface area contributed by atoms with Crippen molar-refractivity contribution in [2.24, 2.45) is 0 Å². The van der Waals surface area contributed by atoms with Gasteiger partial charge in [0.05, 0.1) is 152 Å². The summed E-state index contributed by atoms with van der Waals surface area (Å²) in [6, 6.07) is 6.93. The monoisotopic (exact) mass is 768 g/mol. The van der Waals surface area contributed by atoms with Crippen molar-refractivity contribution in [1.82, 2.24) is 0 Å². The fourth-order valence-electron chi connectivity index (χ4n) is 4.03. The van der Waals surface area contributed by atoms with Crippen LogP contribution in [0.1, 0.15) is 36.0 Å². The zero-order chi connectivity index (χ0) is 37.1. The maximum absolute atomic E-state index is 10.6. The average molecular weight is 769 g/mol. The van der Waals surface area contributed by atoms with Gasteiger partial charge in [-0.2, -0.15) is 0 Å². The van der Waals surface area contributed by atoms with Gasteiger partial charge in [-0.15, -0.1) is 11.6 Å². The molecular weight excluding hydrogens is 704 g/mol. The van der Waals surface area contributed by atoms with Crippen LogP contribution in [0.15, 0.2) is 24.3 Å². The summed E-state index contributed by atoms with van der Waals surface area (Å²) < 4.78 is 71.4. The Balaban J connectivity index is 1.62. The van der Waals surface area contributed by atoms with E-state index in [0.29, 0.717) is 170 Å². The standard InChI is InChI=1S/C37H65ClO14/c38-9-3-1-2-4-10-40-11-12-41-13-14-42-15-16-43-17-18-44-19-20-45-21-22-46-23-24-47-25-26-48-27-28-49-29-30-50-31-32-51-33-34-52-37-7-5-36(35-39)6-8-37/h5-8,35H,1-4,9-34H2. The Morgan fingerprint density at radius 1 is 0.346 bits per heavy atom. The average Bonchev–Trinajstić information content (AvgIpc) is 3.17. The van der Waals surface area contributed by atoms with Crippen molar-refractivity contribution in [3.8, 4) is 5.75 Å². The molecule has 0 saturated heterocycles. The third-order valence-electron chi connectivity index (χ3n) is 6.78. The molecule has 0 amide bonds. The Hall–Kier alpha value is -1.50. The van der Waals surface area contributed by atoms with E-state index in [1.54, 1.807) is 24.3 Å². The fraction of sp³-hybridized carbons (Fsp3) is 0.811. The van der Waals surface area contributed by atoms with Crippen molar-refractivity contribution in [2.45, 2.75) is 25.7 Å². The summed E-state index contributed by atoms with van der Waals surface area (Å²) in [5.41, 5.74) is 0.617. The Kier molecular flexibility index (Phi) is 39.4. The lowest BCUT2D eigenvalue weighted by Crippen LogP contribution is -2.15. The molecular formula is C37H65ClO14. The largest absolute Gasteiger partial charge is 0.491 e. The van der Waals surface area contributed by atoms with Gasteiger partial charge in [0.1, 0.15) is 18.6 Å². The molecule has 15 heteroatoms. The van der Waals surface area contributed by atoms with Crippen molar-refractivity contribution in [3.05, 3.63) is 29.8 Å². The molecule has 0 aromatic heterocycles. The Morgan fingerprint density at radius 2 is 0.615 bits per heavy atom. The summed E-state index contributed by atoms with van der Waals surface area (Å²) in [4.78, 5) is 10.6. The first-order valence-corrected chi connectivity index (χ1v) is 19.1. The van der Waals surface area contributed by atoms with Gasteiger partial charge in [-0.3, -0.25) is 4.79 Å². The number of carbonyl (C=O) groups is 1. The van der Waals surface area contributed by atoms with Gasteiger partial charge in [-0.05, 0) is 37.1 Å². The molecule has 0 atom stereocenters. The molecule has 1 aromatic rings. The van der Waals surface area contributed by atoms with Crippen LogP contribution >= 0.6 is 11.6 Å². The van der Waals surface area contributed by atoms with Crippen LogP contribution in [0.3, 0.4) is 0 Å². The van der Waals surface area contributed by atoms with Crippen LogP contribution in [0.25, 0.3) is 0 Å². The molecule has 1 aromatic carbocycles. The van der Waals surface area contributed by atoms with E-state index in [1.807, 2.05) is 0 Å². The predicted molar refractivity (Wildman–Crippen MR) is 196 cm³/mol. The van der Waals surface area contributed by atoms with Crippen LogP contribution < -0.4 is 4.74 Å². The van der Waals surface area contributed by atoms with E-state index >= 15 is 0 Å². The number of alkyl halides is 1. The zero-order valence-corrected chi connectivity index (χ0v) is 31.9. The molecule has 0 bridgehead atoms. The van der Waals surface area contributed by atoms with E-state index in [2.05, 4.69) is 0 Å². The molecule has 0 unspecified atom stereocenters. The van der Waals surface area contributed by atoms with E-state index in [0.717, 1.165) is 38.0 Å². The van der Waals surface area contributed by atoms with Crippen molar-refractivity contribution in [1.29, 1.82) is 0 Å². The molecule has 0 aliphatic heterocycles. The summed E-state index contributed by atoms with van der Waals surface area (Å²) >= 11 is 5.66. The molecule has 14 nitrogen and oxygen atoms in total. The number of aldehydes is 1. The molecule has 0 heterocycles. The fourth-order valence-corrected chi connectivity index (χ4v) is 4.22. The summed E-state index contributed by atoms with van der Waals surface area (Å²) in [7, 11) is 0. The van der Waals surface area contributed by atoms with Gasteiger partial charge in [-0.25, -0.2) is 0 Å². The van der Waals surface area contributed by atoms with Gasteiger partial charge in [0.25, 0.3) is 0 Å². The minimum absolute atomic E-state index is 0.429. The second-order valence-electron chi connectivity index (χ2n) is 11.0. The number of carbonyl (C=O) groups excluding carboxylic acids is 1. The Bertz CT molecular complexity index is 839. The van der Waals surface area contributed by atoms with E-state index in [4.69, 9.17) is 73.2 Å². The van der Waals surface area contributed by atoms with Gasteiger partial charge in [0.15, 0.2) is 0 Å². The minimum atomic E-state index is 0.429. The van der Waals surface area contributed by atoms with Crippen LogP contribution in [-0.4, -0.2) is 177 Å². The lowest BCUT2D eigenvalue weighted by Gasteiger charge is -2.09. The number of rotatable bonds is 44. The lowest BCUT2D eigenvalue weighted by atomic mass is 10.2. The summed E-state index contributed by atoms with van der Waals surface area (Å²) in [6.45, 7) is 13.0. The lowest BCUT2D eigenvalue weighted by molar-refractivity contribution is -0.0285. The topological polar surface area (TPSA) is 137 Å². The highest BCUT2D eigenvalue weighted by molar-refractivity contribution is 6.17. The van der Waals surface area contributed by atoms with Crippen molar-refractivity contribution < 1.29 is 66.4 Å². The molecule has 1 rings (SSSR count). The minimum Gasteiger partial charge on any atom is -0.491 e. The number of hydrogen-bond donors (Lipinski definition) is 0. The smallest absolute Gasteiger partial charge is 0.150 e. The molecule has 0 radical (unpaired) electrons. The van der Waals surface area contributed by atoms with Crippen LogP contribution in [0, 0.1) is 0 Å². The third kappa shape index (κ3) is 36.8. The predicted octanol–water partition coefficient (Wildman–Crippen LogP) is 3.88. The van der Waals surface area contributed by atoms with Gasteiger partial charge >= 0.3 is 0 Å². The first kappa shape index (κ1) is 48.5. The number of unbranched alkanes of at least 4 members (excludes halogenated alkanes) is 3. The summed E-state index contributed by atoms with van der Waals surface area (Å²) in [6.07, 6.45) is 5.28. The highest BCUT2D eigenvalue weighted by Gasteiger charge is 1.98. The van der Waals surface area contributed by atoms with Crippen LogP contribution in [0.4, 0.5) is 0 Å². The SMILES string of the molecule is O=Cc1ccc(OCCOCCOCCOCCOCCOCCOCCOCCOCCOCCOCCOCCOCCCCCCCl)cc1. The number of benzene rings is 1. The molecule has 0 aliphatic rings. The quantitative estimate of drug-likeness (QED) is 0.0540. The Morgan fingerprint density at radius 3 is 0.904 bits per heavy atom. The van der Waals surface area contributed by atoms with Crippen LogP contribution in [0.2, 0.25) is 0 Å². The maximum atomic E-state index is 10.6. The van der Waals surface area contributed by atoms with E-state index < -0.39 is 0 Å². The first-order valence-electron chi connectivity index (χ1n) is 18.5. The normalized spacial score (nSPS) is 11.4. The van der Waals surface area contributed by atoms with Crippen LogP contribution in [0.5, 0.6) is 5.75 Å². The second-order valence-corrected chi connectivity index (χ2v) is 11.4. The molecule has 0 aliphatic carbocycles. The molecule has 52 heavy (non-hydrogen) atoms. The number of hydrogen-bond acceptors (Lipinski definition) is 14. The van der Waals surface area contributed by atoms with Gasteiger partial charge in [0, 0.05) is 18.1 Å². The number of ether oxygens (including phenoxy) is 13. The highest BCUT2D eigenvalue weighted by Crippen LogP contribution is 2.10. The summed E-state index contributed by atoms with van der Waals surface area (Å²) in [5.74, 6) is 1.44. The van der Waals surface area contributed by atoms with Crippen molar-refractivity contribution in [2.75, 3.05) is 171 Å². The van der Waals surface area contributed by atoms with E-state index in [-0.39, 0.29) is 0 Å².